The Morgan fingerprint density at radius 2 is 2.39 bits per heavy atom. The number of aromatic amines is 1. The third-order valence-corrected chi connectivity index (χ3v) is 6.42. The maximum Gasteiger partial charge on any atom is 0.271 e. The number of rotatable bonds is 6. The van der Waals surface area contributed by atoms with E-state index in [4.69, 9.17) is 4.74 Å². The largest absolute Gasteiger partial charge is 0.370 e. The number of hydrogen-bond donors (Lipinski definition) is 2. The summed E-state index contributed by atoms with van der Waals surface area (Å²) >= 11 is 0. The highest BCUT2D eigenvalue weighted by Crippen LogP contribution is 2.54. The second kappa shape index (κ2) is 6.89. The highest BCUT2D eigenvalue weighted by atomic mass is 16.5. The third-order valence-electron chi connectivity index (χ3n) is 6.42. The third kappa shape index (κ3) is 2.98. The fraction of sp³-hybridized carbons (Fsp3) is 0.632. The first-order chi connectivity index (χ1) is 13.7. The molecule has 0 saturated carbocycles. The molecule has 0 aliphatic carbocycles. The molecule has 3 aliphatic rings. The summed E-state index contributed by atoms with van der Waals surface area (Å²) in [5, 5.41) is 10.3. The molecular weight excluding hydrogens is 358 g/mol. The topological polar surface area (TPSA) is 109 Å². The zero-order valence-electron chi connectivity index (χ0n) is 16.0. The number of hydrogen-bond acceptors (Lipinski definition) is 7. The number of aryl methyl sites for hydroxylation is 1. The van der Waals surface area contributed by atoms with Crippen molar-refractivity contribution in [2.75, 3.05) is 19.6 Å². The van der Waals surface area contributed by atoms with E-state index in [0.29, 0.717) is 24.1 Å². The van der Waals surface area contributed by atoms with E-state index in [-0.39, 0.29) is 17.6 Å². The summed E-state index contributed by atoms with van der Waals surface area (Å²) < 4.78 is 6.46. The van der Waals surface area contributed by atoms with Crippen molar-refractivity contribution >= 4 is 5.91 Å². The summed E-state index contributed by atoms with van der Waals surface area (Å²) in [5.41, 5.74) is 0.284. The molecule has 148 valence electrons. The predicted molar refractivity (Wildman–Crippen MR) is 99.2 cm³/mol. The second-order valence-corrected chi connectivity index (χ2v) is 8.05. The summed E-state index contributed by atoms with van der Waals surface area (Å²) in [6.07, 6.45) is 7.84. The monoisotopic (exact) mass is 383 g/mol. The molecule has 3 fully saturated rings. The first-order valence-electron chi connectivity index (χ1n) is 10.0. The Balaban J connectivity index is 1.24. The maximum atomic E-state index is 12.4. The number of ether oxygens (including phenoxy) is 1. The van der Waals surface area contributed by atoms with Gasteiger partial charge < -0.3 is 10.1 Å². The van der Waals surface area contributed by atoms with Gasteiger partial charge in [-0.25, -0.2) is 9.97 Å². The number of carbonyl (C=O) groups is 1. The number of likely N-dealkylation sites (tertiary alicyclic amines) is 1. The summed E-state index contributed by atoms with van der Waals surface area (Å²) in [4.78, 5) is 27.3. The minimum absolute atomic E-state index is 0.0692. The molecule has 5 heterocycles. The molecule has 2 aromatic rings. The molecule has 2 aromatic heterocycles. The van der Waals surface area contributed by atoms with E-state index in [2.05, 4.69) is 42.3 Å². The van der Waals surface area contributed by atoms with Gasteiger partial charge in [-0.1, -0.05) is 6.92 Å². The molecule has 1 spiro atoms. The fourth-order valence-electron chi connectivity index (χ4n) is 5.17. The minimum atomic E-state index is -0.173. The number of H-pyrrole nitrogens is 1. The Kier molecular flexibility index (Phi) is 4.36. The van der Waals surface area contributed by atoms with E-state index >= 15 is 0 Å². The smallest absolute Gasteiger partial charge is 0.271 e. The fourth-order valence-corrected chi connectivity index (χ4v) is 5.17. The van der Waals surface area contributed by atoms with Crippen LogP contribution < -0.4 is 5.32 Å². The molecule has 2 N–H and O–H groups in total. The zero-order valence-corrected chi connectivity index (χ0v) is 16.0. The zero-order chi connectivity index (χ0) is 19.1. The quantitative estimate of drug-likeness (QED) is 0.750. The Bertz CT molecular complexity index is 857. The summed E-state index contributed by atoms with van der Waals surface area (Å²) in [6, 6.07) is 0. The van der Waals surface area contributed by atoms with Crippen molar-refractivity contribution in [1.29, 1.82) is 0 Å². The number of nitrogens with one attached hydrogen (secondary N) is 2. The number of nitrogens with zero attached hydrogens (tertiary/aromatic N) is 5. The molecule has 28 heavy (non-hydrogen) atoms. The van der Waals surface area contributed by atoms with Crippen molar-refractivity contribution in [1.82, 2.24) is 35.4 Å². The van der Waals surface area contributed by atoms with E-state index in [1.54, 1.807) is 6.20 Å². The van der Waals surface area contributed by atoms with Gasteiger partial charge in [0.1, 0.15) is 17.3 Å². The van der Waals surface area contributed by atoms with Gasteiger partial charge >= 0.3 is 0 Å². The molecule has 3 saturated heterocycles. The van der Waals surface area contributed by atoms with Crippen LogP contribution in [-0.4, -0.2) is 67.3 Å². The van der Waals surface area contributed by atoms with Crippen LogP contribution >= 0.6 is 0 Å². The van der Waals surface area contributed by atoms with Gasteiger partial charge in [0, 0.05) is 50.3 Å². The standard InChI is InChI=1S/C19H25N7O2/c1-2-16-23-17(25-24-16)10-26-9-13-12(15-3-4-19(13,11-26)28-15)7-22-18(27)14-8-20-5-6-21-14/h5-6,8,12-13,15H,2-4,7,9-11H2,1H3,(H,22,27)(H,23,24,25)/t12-,13+,15+,19+/m0/s1. The average molecular weight is 383 g/mol. The van der Waals surface area contributed by atoms with E-state index < -0.39 is 0 Å². The van der Waals surface area contributed by atoms with Gasteiger partial charge in [0.15, 0.2) is 0 Å². The Morgan fingerprint density at radius 1 is 1.46 bits per heavy atom. The van der Waals surface area contributed by atoms with Gasteiger partial charge in [-0.2, -0.15) is 5.10 Å². The van der Waals surface area contributed by atoms with Crippen molar-refractivity contribution in [3.05, 3.63) is 35.9 Å². The highest BCUT2D eigenvalue weighted by molar-refractivity contribution is 5.91. The van der Waals surface area contributed by atoms with E-state index in [0.717, 1.165) is 50.5 Å². The molecule has 0 radical (unpaired) electrons. The molecule has 1 amide bonds. The second-order valence-electron chi connectivity index (χ2n) is 8.05. The summed E-state index contributed by atoms with van der Waals surface area (Å²) in [5.74, 6) is 2.36. The van der Waals surface area contributed by atoms with Gasteiger partial charge in [0.05, 0.1) is 24.4 Å². The molecule has 3 aliphatic heterocycles. The van der Waals surface area contributed by atoms with Crippen molar-refractivity contribution in [3.63, 3.8) is 0 Å². The molecule has 5 rings (SSSR count). The SMILES string of the molecule is CCc1n[nH]c(CN2C[C@@H]3[C@H](CNC(=O)c4cnccn4)[C@H]4CC[C@]3(C2)O4)n1. The normalized spacial score (nSPS) is 31.2. The van der Waals surface area contributed by atoms with Crippen LogP contribution in [0, 0.1) is 11.8 Å². The molecule has 9 nitrogen and oxygen atoms in total. The highest BCUT2D eigenvalue weighted by Gasteiger charge is 2.62. The van der Waals surface area contributed by atoms with E-state index in [9.17, 15) is 4.79 Å². The molecule has 9 heteroatoms. The van der Waals surface area contributed by atoms with E-state index in [1.807, 2.05) is 0 Å². The first-order valence-corrected chi connectivity index (χ1v) is 10.0. The average Bonchev–Trinajstić information content (AvgIpc) is 3.47. The van der Waals surface area contributed by atoms with Crippen LogP contribution in [0.2, 0.25) is 0 Å². The lowest BCUT2D eigenvalue weighted by atomic mass is 9.73. The van der Waals surface area contributed by atoms with Crippen LogP contribution in [0.3, 0.4) is 0 Å². The van der Waals surface area contributed by atoms with Crippen molar-refractivity contribution < 1.29 is 9.53 Å². The van der Waals surface area contributed by atoms with Crippen LogP contribution in [-0.2, 0) is 17.7 Å². The van der Waals surface area contributed by atoms with Crippen LogP contribution in [0.1, 0.15) is 41.9 Å². The van der Waals surface area contributed by atoms with Gasteiger partial charge in [-0.15, -0.1) is 0 Å². The lowest BCUT2D eigenvalue weighted by Crippen LogP contribution is -2.42. The molecule has 0 unspecified atom stereocenters. The van der Waals surface area contributed by atoms with Gasteiger partial charge in [0.2, 0.25) is 0 Å². The number of aromatic nitrogens is 5. The van der Waals surface area contributed by atoms with Crippen molar-refractivity contribution in [2.45, 2.75) is 44.4 Å². The van der Waals surface area contributed by atoms with Crippen LogP contribution in [0.4, 0.5) is 0 Å². The van der Waals surface area contributed by atoms with Crippen LogP contribution in [0.15, 0.2) is 18.6 Å². The van der Waals surface area contributed by atoms with Crippen molar-refractivity contribution in [3.8, 4) is 0 Å². The molecule has 2 bridgehead atoms. The Labute approximate surface area is 163 Å². The van der Waals surface area contributed by atoms with Crippen LogP contribution in [0.5, 0.6) is 0 Å². The summed E-state index contributed by atoms with van der Waals surface area (Å²) in [7, 11) is 0. The number of carbonyl (C=O) groups excluding carboxylic acids is 1. The van der Waals surface area contributed by atoms with Crippen molar-refractivity contribution in [2.24, 2.45) is 11.8 Å². The first kappa shape index (κ1) is 17.7. The van der Waals surface area contributed by atoms with Gasteiger partial charge in [-0.05, 0) is 12.8 Å². The lowest BCUT2D eigenvalue weighted by Gasteiger charge is -2.29. The Morgan fingerprint density at radius 3 is 3.18 bits per heavy atom. The number of fused-ring (bicyclic) bond motifs is 1. The van der Waals surface area contributed by atoms with E-state index in [1.165, 1.54) is 12.4 Å². The predicted octanol–water partition coefficient (Wildman–Crippen LogP) is 0.567. The summed E-state index contributed by atoms with van der Waals surface area (Å²) in [6.45, 7) is 5.31. The van der Waals surface area contributed by atoms with Crippen LogP contribution in [0.25, 0.3) is 0 Å². The lowest BCUT2D eigenvalue weighted by molar-refractivity contribution is 0.00194. The minimum Gasteiger partial charge on any atom is -0.370 e. The molecule has 4 atom stereocenters. The Hall–Kier alpha value is -2.39. The molecular formula is C19H25N7O2. The molecule has 0 aromatic carbocycles. The van der Waals surface area contributed by atoms with Gasteiger partial charge in [0.25, 0.3) is 5.91 Å². The van der Waals surface area contributed by atoms with Gasteiger partial charge in [-0.3, -0.25) is 19.8 Å². The number of amides is 1. The maximum absolute atomic E-state index is 12.4.